The van der Waals surface area contributed by atoms with Crippen LogP contribution in [0.2, 0.25) is 5.02 Å². The molecule has 4 rings (SSSR count). The minimum atomic E-state index is -0.283. The van der Waals surface area contributed by atoms with Crippen LogP contribution in [-0.4, -0.2) is 61.1 Å². The molecular weight excluding hydrogens is 480 g/mol. The number of ether oxygens (including phenoxy) is 1. The zero-order valence-corrected chi connectivity index (χ0v) is 20.4. The molecule has 1 saturated heterocycles. The molecule has 174 valence electrons. The number of thiophene rings is 1. The Balaban J connectivity index is 1.41. The molecule has 3 aromatic rings. The fourth-order valence-electron chi connectivity index (χ4n) is 3.51. The van der Waals surface area contributed by atoms with Crippen molar-refractivity contribution in [1.29, 1.82) is 0 Å². The molecule has 2 aromatic heterocycles. The number of hydrogen-bond donors (Lipinski definition) is 1. The van der Waals surface area contributed by atoms with Crippen LogP contribution < -0.4 is 10.2 Å². The summed E-state index contributed by atoms with van der Waals surface area (Å²) < 4.78 is 5.41. The van der Waals surface area contributed by atoms with E-state index in [0.29, 0.717) is 33.8 Å². The molecule has 33 heavy (non-hydrogen) atoms. The maximum absolute atomic E-state index is 13.2. The molecule has 0 atom stereocenters. The third-order valence-electron chi connectivity index (χ3n) is 5.23. The Kier molecular flexibility index (Phi) is 8.46. The van der Waals surface area contributed by atoms with Gasteiger partial charge in [0.25, 0.3) is 11.8 Å². The first-order valence-corrected chi connectivity index (χ1v) is 12.9. The highest BCUT2D eigenvalue weighted by molar-refractivity contribution is 7.14. The van der Waals surface area contributed by atoms with Gasteiger partial charge >= 0.3 is 0 Å². The molecule has 0 unspecified atom stereocenters. The molecule has 0 bridgehead atoms. The van der Waals surface area contributed by atoms with E-state index in [4.69, 9.17) is 16.3 Å². The summed E-state index contributed by atoms with van der Waals surface area (Å²) >= 11 is 8.72. The van der Waals surface area contributed by atoms with Gasteiger partial charge in [-0.05, 0) is 35.6 Å². The van der Waals surface area contributed by atoms with Crippen molar-refractivity contribution in [3.8, 4) is 0 Å². The van der Waals surface area contributed by atoms with Crippen LogP contribution in [0.25, 0.3) is 0 Å². The lowest BCUT2D eigenvalue weighted by Gasteiger charge is -2.27. The monoisotopic (exact) mass is 504 g/mol. The van der Waals surface area contributed by atoms with Crippen LogP contribution in [0.1, 0.15) is 32.1 Å². The fraction of sp³-hybridized carbons (Fsp3) is 0.348. The number of amides is 2. The third-order valence-corrected chi connectivity index (χ3v) is 7.19. The topological polar surface area (TPSA) is 74.8 Å². The summed E-state index contributed by atoms with van der Waals surface area (Å²) in [5.74, 6) is -0.374. The third kappa shape index (κ3) is 6.61. The first-order chi connectivity index (χ1) is 16.1. The number of thiazole rings is 1. The van der Waals surface area contributed by atoms with Gasteiger partial charge < -0.3 is 10.1 Å². The average Bonchev–Trinajstić information content (AvgIpc) is 3.53. The Hall–Kier alpha value is -2.30. The van der Waals surface area contributed by atoms with Crippen LogP contribution in [0, 0.1) is 0 Å². The number of morpholine rings is 1. The van der Waals surface area contributed by atoms with Crippen molar-refractivity contribution in [2.45, 2.75) is 13.0 Å². The minimum Gasteiger partial charge on any atom is -0.379 e. The smallest absolute Gasteiger partial charge is 0.271 e. The molecule has 3 heterocycles. The second-order valence-electron chi connectivity index (χ2n) is 7.57. The van der Waals surface area contributed by atoms with E-state index in [1.54, 1.807) is 16.3 Å². The Morgan fingerprint density at radius 3 is 2.79 bits per heavy atom. The predicted octanol–water partition coefficient (Wildman–Crippen LogP) is 4.16. The molecular formula is C23H25ClN4O3S2. The van der Waals surface area contributed by atoms with Gasteiger partial charge in [-0.25, -0.2) is 4.98 Å². The van der Waals surface area contributed by atoms with Crippen LogP contribution in [0.4, 0.5) is 5.13 Å². The first kappa shape index (κ1) is 23.8. The summed E-state index contributed by atoms with van der Waals surface area (Å²) in [4.78, 5) is 35.0. The molecule has 0 spiro atoms. The van der Waals surface area contributed by atoms with Crippen molar-refractivity contribution in [2.24, 2.45) is 0 Å². The molecule has 1 fully saturated rings. The summed E-state index contributed by atoms with van der Waals surface area (Å²) in [6.07, 6.45) is 0.812. The van der Waals surface area contributed by atoms with Gasteiger partial charge in [0.1, 0.15) is 5.69 Å². The Bertz CT molecular complexity index is 1070. The van der Waals surface area contributed by atoms with E-state index in [9.17, 15) is 9.59 Å². The van der Waals surface area contributed by atoms with E-state index < -0.39 is 0 Å². The maximum Gasteiger partial charge on any atom is 0.271 e. The zero-order chi connectivity index (χ0) is 23.0. The molecule has 1 aliphatic heterocycles. The molecule has 1 aromatic carbocycles. The number of carbonyl (C=O) groups is 2. The lowest BCUT2D eigenvalue weighted by Crippen LogP contribution is -2.39. The Morgan fingerprint density at radius 1 is 1.18 bits per heavy atom. The van der Waals surface area contributed by atoms with Crippen LogP contribution >= 0.6 is 34.3 Å². The number of benzene rings is 1. The van der Waals surface area contributed by atoms with Gasteiger partial charge in [-0.3, -0.25) is 19.4 Å². The van der Waals surface area contributed by atoms with E-state index in [2.05, 4.69) is 15.2 Å². The summed E-state index contributed by atoms with van der Waals surface area (Å²) in [5.41, 5.74) is 1.21. The predicted molar refractivity (Wildman–Crippen MR) is 133 cm³/mol. The van der Waals surface area contributed by atoms with Gasteiger partial charge in [-0.2, -0.15) is 0 Å². The number of nitrogens with zero attached hydrogens (tertiary/aromatic N) is 3. The number of halogens is 1. The van der Waals surface area contributed by atoms with Crippen molar-refractivity contribution < 1.29 is 14.3 Å². The quantitative estimate of drug-likeness (QED) is 0.473. The molecule has 1 N–H and O–H groups in total. The highest BCUT2D eigenvalue weighted by Gasteiger charge is 2.23. The Labute approximate surface area is 205 Å². The van der Waals surface area contributed by atoms with Crippen LogP contribution in [0.5, 0.6) is 0 Å². The normalized spacial score (nSPS) is 14.2. The number of hydrogen-bond acceptors (Lipinski definition) is 7. The standard InChI is InChI=1S/C23H25ClN4O3S2/c24-18-5-1-4-17(14-18)15-25-21(29)19-16-33-23(26-19)28(22(30)20-6-2-13-32-20)8-3-7-27-9-11-31-12-10-27/h1-2,4-6,13-14,16H,3,7-12,15H2,(H,25,29). The molecule has 2 amide bonds. The minimum absolute atomic E-state index is 0.0905. The van der Waals surface area contributed by atoms with Crippen LogP contribution in [0.15, 0.2) is 47.2 Å². The van der Waals surface area contributed by atoms with Crippen LogP contribution in [0.3, 0.4) is 0 Å². The molecule has 7 nitrogen and oxygen atoms in total. The van der Waals surface area contributed by atoms with Crippen LogP contribution in [-0.2, 0) is 11.3 Å². The number of carbonyl (C=O) groups excluding carboxylic acids is 2. The fourth-order valence-corrected chi connectivity index (χ4v) is 5.22. The van der Waals surface area contributed by atoms with Gasteiger partial charge in [-0.15, -0.1) is 22.7 Å². The van der Waals surface area contributed by atoms with Crippen molar-refractivity contribution in [3.05, 3.63) is 68.3 Å². The largest absolute Gasteiger partial charge is 0.379 e. The highest BCUT2D eigenvalue weighted by Crippen LogP contribution is 2.24. The van der Waals surface area contributed by atoms with Crippen molar-refractivity contribution in [1.82, 2.24) is 15.2 Å². The molecule has 10 heteroatoms. The van der Waals surface area contributed by atoms with E-state index in [1.807, 2.05) is 35.7 Å². The van der Waals surface area contributed by atoms with Crippen molar-refractivity contribution >= 4 is 51.2 Å². The van der Waals surface area contributed by atoms with Crippen molar-refractivity contribution in [2.75, 3.05) is 44.3 Å². The second-order valence-corrected chi connectivity index (χ2v) is 9.79. The van der Waals surface area contributed by atoms with Gasteiger partial charge in [0, 0.05) is 43.1 Å². The van der Waals surface area contributed by atoms with E-state index in [-0.39, 0.29) is 11.8 Å². The van der Waals surface area contributed by atoms with Crippen molar-refractivity contribution in [3.63, 3.8) is 0 Å². The molecule has 0 radical (unpaired) electrons. The van der Waals surface area contributed by atoms with E-state index in [1.165, 1.54) is 22.7 Å². The summed E-state index contributed by atoms with van der Waals surface area (Å²) in [6.45, 7) is 5.08. The number of rotatable bonds is 9. The van der Waals surface area contributed by atoms with E-state index in [0.717, 1.165) is 44.8 Å². The number of nitrogens with one attached hydrogen (secondary N) is 1. The number of aromatic nitrogens is 1. The average molecular weight is 505 g/mol. The van der Waals surface area contributed by atoms with Gasteiger partial charge in [-0.1, -0.05) is 29.8 Å². The molecule has 0 aliphatic carbocycles. The molecule has 1 aliphatic rings. The summed E-state index contributed by atoms with van der Waals surface area (Å²) in [5, 5.41) is 7.60. The van der Waals surface area contributed by atoms with Gasteiger partial charge in [0.05, 0.1) is 18.1 Å². The van der Waals surface area contributed by atoms with Gasteiger partial charge in [0.2, 0.25) is 0 Å². The second kappa shape index (κ2) is 11.7. The highest BCUT2D eigenvalue weighted by atomic mass is 35.5. The number of anilines is 1. The van der Waals surface area contributed by atoms with Gasteiger partial charge in [0.15, 0.2) is 5.13 Å². The summed E-state index contributed by atoms with van der Waals surface area (Å²) in [6, 6.07) is 11.0. The zero-order valence-electron chi connectivity index (χ0n) is 18.0. The molecule has 0 saturated carbocycles. The first-order valence-electron chi connectivity index (χ1n) is 10.7. The SMILES string of the molecule is O=C(NCc1cccc(Cl)c1)c1csc(N(CCCN2CCOCC2)C(=O)c2cccs2)n1. The Morgan fingerprint density at radius 2 is 2.03 bits per heavy atom. The lowest BCUT2D eigenvalue weighted by atomic mass is 10.2. The maximum atomic E-state index is 13.2. The lowest BCUT2D eigenvalue weighted by molar-refractivity contribution is 0.0376. The summed E-state index contributed by atoms with van der Waals surface area (Å²) in [7, 11) is 0. The van der Waals surface area contributed by atoms with E-state index >= 15 is 0 Å².